The predicted molar refractivity (Wildman–Crippen MR) is 128 cm³/mol. The van der Waals surface area contributed by atoms with Crippen LogP contribution in [0, 0.1) is 18.2 Å². The highest BCUT2D eigenvalue weighted by Crippen LogP contribution is 2.31. The van der Waals surface area contributed by atoms with E-state index in [0.29, 0.717) is 41.7 Å². The topological polar surface area (TPSA) is 79.3 Å². The van der Waals surface area contributed by atoms with Crippen molar-refractivity contribution in [1.82, 2.24) is 25.1 Å². The number of hydrogen-bond acceptors (Lipinski definition) is 4. The third-order valence-corrected chi connectivity index (χ3v) is 6.28. The largest absolute Gasteiger partial charge is 0.355 e. The third-order valence-electron chi connectivity index (χ3n) is 5.87. The minimum atomic E-state index is -0.750. The summed E-state index contributed by atoms with van der Waals surface area (Å²) in [6.07, 6.45) is 0.832. The monoisotopic (exact) mass is 477 g/mol. The zero-order chi connectivity index (χ0) is 24.5. The molecule has 0 saturated heterocycles. The van der Waals surface area contributed by atoms with Gasteiger partial charge in [0.2, 0.25) is 5.91 Å². The Morgan fingerprint density at radius 2 is 1.97 bits per heavy atom. The summed E-state index contributed by atoms with van der Waals surface area (Å²) in [6, 6.07) is 2.19. The first-order valence-electron chi connectivity index (χ1n) is 11.3. The van der Waals surface area contributed by atoms with Gasteiger partial charge in [-0.25, -0.2) is 9.37 Å². The van der Waals surface area contributed by atoms with Gasteiger partial charge in [-0.3, -0.25) is 9.59 Å². The molecule has 33 heavy (non-hydrogen) atoms. The molecule has 7 nitrogen and oxygen atoms in total. The van der Waals surface area contributed by atoms with Crippen molar-refractivity contribution in [2.45, 2.75) is 60.2 Å². The fourth-order valence-electron chi connectivity index (χ4n) is 4.08. The smallest absolute Gasteiger partial charge is 0.272 e. The average molecular weight is 478 g/mol. The normalized spacial score (nSPS) is 15.5. The SMILES string of the molecule is CCNC(=O)[C@@H](NC(=O)c1nc(-c2cc(Cl)c(C)cc2F)n2c1CN(C)CCC2)C(C)(C)C. The van der Waals surface area contributed by atoms with Gasteiger partial charge >= 0.3 is 0 Å². The van der Waals surface area contributed by atoms with E-state index < -0.39 is 23.2 Å². The van der Waals surface area contributed by atoms with E-state index in [2.05, 4.69) is 20.5 Å². The number of halogens is 2. The highest BCUT2D eigenvalue weighted by molar-refractivity contribution is 6.31. The van der Waals surface area contributed by atoms with Crippen LogP contribution >= 0.6 is 11.6 Å². The lowest BCUT2D eigenvalue weighted by atomic mass is 9.86. The molecule has 2 amide bonds. The van der Waals surface area contributed by atoms with Crippen LogP contribution in [0.1, 0.15) is 55.9 Å². The van der Waals surface area contributed by atoms with Crippen LogP contribution in [0.3, 0.4) is 0 Å². The van der Waals surface area contributed by atoms with E-state index in [0.717, 1.165) is 13.0 Å². The van der Waals surface area contributed by atoms with Crippen molar-refractivity contribution in [3.8, 4) is 11.4 Å². The number of carbonyl (C=O) groups excluding carboxylic acids is 2. The van der Waals surface area contributed by atoms with Crippen LogP contribution in [-0.4, -0.2) is 52.4 Å². The van der Waals surface area contributed by atoms with Crippen molar-refractivity contribution >= 4 is 23.4 Å². The number of nitrogens with zero attached hydrogens (tertiary/aromatic N) is 3. The van der Waals surface area contributed by atoms with E-state index in [9.17, 15) is 14.0 Å². The van der Waals surface area contributed by atoms with Crippen molar-refractivity contribution in [2.75, 3.05) is 20.1 Å². The van der Waals surface area contributed by atoms with Crippen LogP contribution in [0.15, 0.2) is 12.1 Å². The maximum Gasteiger partial charge on any atom is 0.272 e. The molecule has 180 valence electrons. The van der Waals surface area contributed by atoms with Crippen LogP contribution < -0.4 is 10.6 Å². The van der Waals surface area contributed by atoms with Gasteiger partial charge in [-0.1, -0.05) is 32.4 Å². The number of imidazole rings is 1. The van der Waals surface area contributed by atoms with E-state index in [1.165, 1.54) is 6.07 Å². The maximum absolute atomic E-state index is 15.0. The standard InChI is InChI=1S/C24H33ClFN5O2/c1-7-27-23(33)20(24(3,4)5)29-22(32)19-18-13-30(6)9-8-10-31(18)21(28-19)15-12-16(25)14(2)11-17(15)26/h11-12,20H,7-10,13H2,1-6H3,(H,27,33)(H,29,32)/t20-/m1/s1. The molecule has 9 heteroatoms. The summed E-state index contributed by atoms with van der Waals surface area (Å²) in [7, 11) is 1.97. The van der Waals surface area contributed by atoms with Gasteiger partial charge in [0, 0.05) is 24.7 Å². The molecule has 1 aliphatic rings. The van der Waals surface area contributed by atoms with Gasteiger partial charge in [-0.15, -0.1) is 0 Å². The lowest BCUT2D eigenvalue weighted by Crippen LogP contribution is -2.53. The number of aromatic nitrogens is 2. The molecular weight excluding hydrogens is 445 g/mol. The number of hydrogen-bond donors (Lipinski definition) is 2. The molecule has 0 saturated carbocycles. The molecule has 2 aromatic rings. The first kappa shape index (κ1) is 25.2. The summed E-state index contributed by atoms with van der Waals surface area (Å²) >= 11 is 6.29. The summed E-state index contributed by atoms with van der Waals surface area (Å²) in [5.41, 5.74) is 1.28. The van der Waals surface area contributed by atoms with Gasteiger partial charge < -0.3 is 20.1 Å². The van der Waals surface area contributed by atoms with Crippen LogP contribution in [0.4, 0.5) is 4.39 Å². The molecular formula is C24H33ClFN5O2. The maximum atomic E-state index is 15.0. The van der Waals surface area contributed by atoms with Crippen molar-refractivity contribution in [3.05, 3.63) is 39.9 Å². The van der Waals surface area contributed by atoms with Crippen molar-refractivity contribution in [2.24, 2.45) is 5.41 Å². The Balaban J connectivity index is 2.09. The number of amides is 2. The molecule has 0 bridgehead atoms. The van der Waals surface area contributed by atoms with E-state index >= 15 is 0 Å². The average Bonchev–Trinajstić information content (AvgIpc) is 2.94. The lowest BCUT2D eigenvalue weighted by molar-refractivity contribution is -0.125. The predicted octanol–water partition coefficient (Wildman–Crippen LogP) is 3.77. The van der Waals surface area contributed by atoms with Gasteiger partial charge in [-0.2, -0.15) is 0 Å². The highest BCUT2D eigenvalue weighted by atomic mass is 35.5. The van der Waals surface area contributed by atoms with Gasteiger partial charge in [0.25, 0.3) is 5.91 Å². The fourth-order valence-corrected chi connectivity index (χ4v) is 4.24. The van der Waals surface area contributed by atoms with Crippen LogP contribution in [0.2, 0.25) is 5.02 Å². The Hall–Kier alpha value is -2.45. The Bertz CT molecular complexity index is 1060. The molecule has 2 N–H and O–H groups in total. The molecule has 0 spiro atoms. The molecule has 0 fully saturated rings. The lowest BCUT2D eigenvalue weighted by Gasteiger charge is -2.30. The summed E-state index contributed by atoms with van der Waals surface area (Å²) < 4.78 is 16.9. The Morgan fingerprint density at radius 1 is 1.27 bits per heavy atom. The molecule has 2 heterocycles. The number of benzene rings is 1. The molecule has 1 atom stereocenters. The minimum absolute atomic E-state index is 0.202. The van der Waals surface area contributed by atoms with E-state index in [1.54, 1.807) is 13.0 Å². The van der Waals surface area contributed by atoms with Gasteiger partial charge in [0.15, 0.2) is 5.69 Å². The highest BCUT2D eigenvalue weighted by Gasteiger charge is 2.35. The van der Waals surface area contributed by atoms with Crippen molar-refractivity contribution < 1.29 is 14.0 Å². The van der Waals surface area contributed by atoms with Crippen LogP contribution in [0.25, 0.3) is 11.4 Å². The van der Waals surface area contributed by atoms with Gasteiger partial charge in [0.05, 0.1) is 11.3 Å². The molecule has 1 aromatic heterocycles. The number of fused-ring (bicyclic) bond motifs is 1. The number of aryl methyl sites for hydroxylation is 1. The van der Waals surface area contributed by atoms with E-state index in [1.807, 2.05) is 39.3 Å². The second-order valence-corrected chi connectivity index (χ2v) is 10.1. The molecule has 0 unspecified atom stereocenters. The van der Waals surface area contributed by atoms with Gasteiger partial charge in [-0.05, 0) is 57.0 Å². The Morgan fingerprint density at radius 3 is 2.61 bits per heavy atom. The first-order valence-corrected chi connectivity index (χ1v) is 11.6. The number of nitrogens with one attached hydrogen (secondary N) is 2. The summed E-state index contributed by atoms with van der Waals surface area (Å²) in [5.74, 6) is -0.776. The second-order valence-electron chi connectivity index (χ2n) is 9.72. The summed E-state index contributed by atoms with van der Waals surface area (Å²) in [6.45, 7) is 11.6. The van der Waals surface area contributed by atoms with E-state index in [-0.39, 0.29) is 17.2 Å². The van der Waals surface area contributed by atoms with Crippen molar-refractivity contribution in [3.63, 3.8) is 0 Å². The molecule has 0 radical (unpaired) electrons. The number of carbonyl (C=O) groups is 2. The van der Waals surface area contributed by atoms with Crippen molar-refractivity contribution in [1.29, 1.82) is 0 Å². The molecule has 1 aliphatic heterocycles. The quantitative estimate of drug-likeness (QED) is 0.687. The zero-order valence-corrected chi connectivity index (χ0v) is 20.9. The molecule has 3 rings (SSSR count). The van der Waals surface area contributed by atoms with Gasteiger partial charge in [0.1, 0.15) is 17.7 Å². The number of rotatable bonds is 5. The summed E-state index contributed by atoms with van der Waals surface area (Å²) in [4.78, 5) is 32.8. The second kappa shape index (κ2) is 9.81. The fraction of sp³-hybridized carbons (Fsp3) is 0.542. The first-order chi connectivity index (χ1) is 15.4. The zero-order valence-electron chi connectivity index (χ0n) is 20.2. The van der Waals surface area contributed by atoms with Crippen LogP contribution in [0.5, 0.6) is 0 Å². The molecule has 1 aromatic carbocycles. The third kappa shape index (κ3) is 5.38. The van der Waals surface area contributed by atoms with Crippen LogP contribution in [-0.2, 0) is 17.9 Å². The minimum Gasteiger partial charge on any atom is -0.355 e. The Kier molecular flexibility index (Phi) is 7.49. The van der Waals surface area contributed by atoms with E-state index in [4.69, 9.17) is 11.6 Å². The number of likely N-dealkylation sites (N-methyl/N-ethyl adjacent to an activating group) is 1. The Labute approximate surface area is 199 Å². The molecule has 0 aliphatic carbocycles. The summed E-state index contributed by atoms with van der Waals surface area (Å²) in [5, 5.41) is 6.10.